The van der Waals surface area contributed by atoms with Gasteiger partial charge in [-0.1, -0.05) is 48.5 Å². The third-order valence-electron chi connectivity index (χ3n) is 3.97. The summed E-state index contributed by atoms with van der Waals surface area (Å²) < 4.78 is 4.84. The van der Waals surface area contributed by atoms with Gasteiger partial charge < -0.3 is 15.4 Å². The Morgan fingerprint density at radius 3 is 2.36 bits per heavy atom. The summed E-state index contributed by atoms with van der Waals surface area (Å²) in [4.78, 5) is 35.4. The minimum atomic E-state index is -0.676. The largest absolute Gasteiger partial charge is 0.454 e. The number of carbonyl (C=O) groups excluding carboxylic acids is 3. The lowest BCUT2D eigenvalue weighted by molar-refractivity contribution is -0.147. The molecular formula is C17H20Cl2N2O4. The zero-order chi connectivity index (χ0) is 18.2. The van der Waals surface area contributed by atoms with E-state index in [4.69, 9.17) is 27.9 Å². The van der Waals surface area contributed by atoms with Gasteiger partial charge in [0.25, 0.3) is 5.91 Å². The number of nitrogens with one attached hydrogen (secondary N) is 2. The highest BCUT2D eigenvalue weighted by molar-refractivity contribution is 6.39. The number of amides is 2. The van der Waals surface area contributed by atoms with Crippen molar-refractivity contribution in [1.29, 1.82) is 0 Å². The van der Waals surface area contributed by atoms with Crippen molar-refractivity contribution in [2.24, 2.45) is 5.92 Å². The number of benzene rings is 1. The first-order valence-electron chi connectivity index (χ1n) is 8.14. The fourth-order valence-electron chi connectivity index (χ4n) is 2.66. The Hall–Kier alpha value is -1.79. The molecule has 2 N–H and O–H groups in total. The summed E-state index contributed by atoms with van der Waals surface area (Å²) in [6, 6.07) is 4.81. The van der Waals surface area contributed by atoms with Crippen LogP contribution in [0.3, 0.4) is 0 Å². The third kappa shape index (κ3) is 6.21. The first kappa shape index (κ1) is 19.5. The Kier molecular flexibility index (Phi) is 7.52. The predicted octanol–water partition coefficient (Wildman–Crippen LogP) is 3.17. The van der Waals surface area contributed by atoms with E-state index in [9.17, 15) is 14.4 Å². The quantitative estimate of drug-likeness (QED) is 0.735. The second-order valence-corrected chi connectivity index (χ2v) is 6.67. The van der Waals surface area contributed by atoms with Gasteiger partial charge in [0, 0.05) is 5.92 Å². The van der Waals surface area contributed by atoms with E-state index in [2.05, 4.69) is 10.6 Å². The van der Waals surface area contributed by atoms with E-state index in [0.717, 1.165) is 32.1 Å². The van der Waals surface area contributed by atoms with Gasteiger partial charge in [-0.25, -0.2) is 0 Å². The van der Waals surface area contributed by atoms with Crippen molar-refractivity contribution in [3.05, 3.63) is 28.2 Å². The van der Waals surface area contributed by atoms with Crippen LogP contribution in [0, 0.1) is 5.92 Å². The molecule has 0 atom stereocenters. The zero-order valence-electron chi connectivity index (χ0n) is 13.6. The number of anilines is 1. The van der Waals surface area contributed by atoms with Gasteiger partial charge in [-0.15, -0.1) is 0 Å². The van der Waals surface area contributed by atoms with Gasteiger partial charge in [-0.3, -0.25) is 14.4 Å². The summed E-state index contributed by atoms with van der Waals surface area (Å²) in [5.41, 5.74) is 0.262. The number of hydrogen-bond donors (Lipinski definition) is 2. The highest BCUT2D eigenvalue weighted by Crippen LogP contribution is 2.29. The van der Waals surface area contributed by atoms with Crippen molar-refractivity contribution >= 4 is 46.7 Å². The van der Waals surface area contributed by atoms with Crippen LogP contribution < -0.4 is 10.6 Å². The molecule has 0 unspecified atom stereocenters. The van der Waals surface area contributed by atoms with Crippen molar-refractivity contribution in [1.82, 2.24) is 5.32 Å². The topological polar surface area (TPSA) is 84.5 Å². The monoisotopic (exact) mass is 386 g/mol. The number of rotatable bonds is 6. The lowest BCUT2D eigenvalue weighted by Crippen LogP contribution is -2.36. The van der Waals surface area contributed by atoms with E-state index in [1.165, 1.54) is 0 Å². The molecule has 0 bridgehead atoms. The molecule has 6 nitrogen and oxygen atoms in total. The number of para-hydroxylation sites is 1. The highest BCUT2D eigenvalue weighted by Gasteiger charge is 2.21. The number of esters is 1. The van der Waals surface area contributed by atoms with Gasteiger partial charge >= 0.3 is 5.97 Å². The minimum Gasteiger partial charge on any atom is -0.454 e. The summed E-state index contributed by atoms with van der Waals surface area (Å²) in [5, 5.41) is 5.61. The molecule has 0 aromatic heterocycles. The first-order chi connectivity index (χ1) is 12.0. The number of hydrogen-bond acceptors (Lipinski definition) is 4. The molecule has 1 fully saturated rings. The van der Waals surface area contributed by atoms with Gasteiger partial charge in [0.15, 0.2) is 6.61 Å². The molecule has 1 aromatic rings. The van der Waals surface area contributed by atoms with E-state index in [1.54, 1.807) is 18.2 Å². The average Bonchev–Trinajstić information content (AvgIpc) is 2.62. The Bertz CT molecular complexity index is 625. The number of ether oxygens (including phenoxy) is 1. The molecule has 0 heterocycles. The molecule has 1 aliphatic carbocycles. The van der Waals surface area contributed by atoms with Crippen molar-refractivity contribution in [3.8, 4) is 0 Å². The summed E-state index contributed by atoms with van der Waals surface area (Å²) in [6.07, 6.45) is 4.92. The minimum absolute atomic E-state index is 0.0350. The van der Waals surface area contributed by atoms with Crippen LogP contribution in [0.4, 0.5) is 5.69 Å². The van der Waals surface area contributed by atoms with Crippen LogP contribution >= 0.6 is 23.2 Å². The first-order valence-corrected chi connectivity index (χ1v) is 8.90. The number of halogens is 2. The maximum Gasteiger partial charge on any atom is 0.325 e. The van der Waals surface area contributed by atoms with Crippen molar-refractivity contribution < 1.29 is 19.1 Å². The van der Waals surface area contributed by atoms with E-state index in [-0.39, 0.29) is 34.1 Å². The van der Waals surface area contributed by atoms with Crippen molar-refractivity contribution in [2.75, 3.05) is 18.5 Å². The maximum atomic E-state index is 11.9. The van der Waals surface area contributed by atoms with Gasteiger partial charge in [-0.2, -0.15) is 0 Å². The van der Waals surface area contributed by atoms with Gasteiger partial charge in [0.1, 0.15) is 6.54 Å². The molecule has 136 valence electrons. The van der Waals surface area contributed by atoms with Crippen LogP contribution in [0.5, 0.6) is 0 Å². The molecule has 1 aromatic carbocycles. The molecule has 0 saturated heterocycles. The second kappa shape index (κ2) is 9.63. The van der Waals surface area contributed by atoms with Gasteiger partial charge in [0.05, 0.1) is 15.7 Å². The molecule has 1 saturated carbocycles. The Balaban J connectivity index is 1.70. The van der Waals surface area contributed by atoms with E-state index >= 15 is 0 Å². The fourth-order valence-corrected chi connectivity index (χ4v) is 3.15. The lowest BCUT2D eigenvalue weighted by Gasteiger charge is -2.20. The SMILES string of the molecule is O=C(COC(=O)CNC(=O)C1CCCCC1)Nc1c(Cl)cccc1Cl. The molecule has 25 heavy (non-hydrogen) atoms. The van der Waals surface area contributed by atoms with E-state index < -0.39 is 18.5 Å². The Morgan fingerprint density at radius 2 is 1.72 bits per heavy atom. The molecule has 2 amide bonds. The zero-order valence-corrected chi connectivity index (χ0v) is 15.2. The standard InChI is InChI=1S/C17H20Cl2N2O4/c18-12-7-4-8-13(19)16(12)21-14(22)10-25-15(23)9-20-17(24)11-5-2-1-3-6-11/h4,7-8,11H,1-3,5-6,9-10H2,(H,20,24)(H,21,22). The molecule has 2 rings (SSSR count). The Morgan fingerprint density at radius 1 is 1.08 bits per heavy atom. The van der Waals surface area contributed by atoms with Gasteiger partial charge in [0.2, 0.25) is 5.91 Å². The molecule has 1 aliphatic rings. The predicted molar refractivity (Wildman–Crippen MR) is 95.6 cm³/mol. The van der Waals surface area contributed by atoms with Crippen molar-refractivity contribution in [2.45, 2.75) is 32.1 Å². The summed E-state index contributed by atoms with van der Waals surface area (Å²) in [7, 11) is 0. The molecule has 0 spiro atoms. The lowest BCUT2D eigenvalue weighted by atomic mass is 9.89. The number of carbonyl (C=O) groups is 3. The van der Waals surface area contributed by atoms with Crippen LogP contribution in [0.15, 0.2) is 18.2 Å². The molecule has 8 heteroatoms. The summed E-state index contributed by atoms with van der Waals surface area (Å²) in [5.74, 6) is -1.41. The Labute approximate surface area is 156 Å². The van der Waals surface area contributed by atoms with Crippen LogP contribution in [-0.4, -0.2) is 30.9 Å². The van der Waals surface area contributed by atoms with Crippen molar-refractivity contribution in [3.63, 3.8) is 0 Å². The maximum absolute atomic E-state index is 11.9. The molecular weight excluding hydrogens is 367 g/mol. The van der Waals surface area contributed by atoms with E-state index in [0.29, 0.717) is 0 Å². The van der Waals surface area contributed by atoms with Crippen LogP contribution in [-0.2, 0) is 19.1 Å². The van der Waals surface area contributed by atoms with Crippen LogP contribution in [0.2, 0.25) is 10.0 Å². The van der Waals surface area contributed by atoms with Gasteiger partial charge in [-0.05, 0) is 25.0 Å². The molecule has 0 aliphatic heterocycles. The summed E-state index contributed by atoms with van der Waals surface area (Å²) >= 11 is 11.9. The van der Waals surface area contributed by atoms with Crippen LogP contribution in [0.25, 0.3) is 0 Å². The molecule has 0 radical (unpaired) electrons. The summed E-state index contributed by atoms with van der Waals surface area (Å²) in [6.45, 7) is -0.741. The normalized spacial score (nSPS) is 14.6. The third-order valence-corrected chi connectivity index (χ3v) is 4.60. The second-order valence-electron chi connectivity index (χ2n) is 5.86. The average molecular weight is 387 g/mol. The highest BCUT2D eigenvalue weighted by atomic mass is 35.5. The van der Waals surface area contributed by atoms with E-state index in [1.807, 2.05) is 0 Å². The van der Waals surface area contributed by atoms with Crippen LogP contribution in [0.1, 0.15) is 32.1 Å². The smallest absolute Gasteiger partial charge is 0.325 e. The fraction of sp³-hybridized carbons (Fsp3) is 0.471.